The second-order valence-corrected chi connectivity index (χ2v) is 9.43. The Kier molecular flexibility index (Phi) is 7.64. The molecule has 0 spiro atoms. The predicted octanol–water partition coefficient (Wildman–Crippen LogP) is 3.82. The van der Waals surface area contributed by atoms with E-state index in [1.165, 1.54) is 34.8 Å². The average molecular weight is 432 g/mol. The third kappa shape index (κ3) is 5.68. The zero-order valence-corrected chi connectivity index (χ0v) is 19.2. The van der Waals surface area contributed by atoms with Gasteiger partial charge in [0.05, 0.1) is 5.75 Å². The van der Waals surface area contributed by atoms with Crippen LogP contribution in [0.2, 0.25) is 0 Å². The van der Waals surface area contributed by atoms with Crippen LogP contribution < -0.4 is 10.6 Å². The number of carbonyl (C=O) groups is 1. The first-order valence-electron chi connectivity index (χ1n) is 10.7. The molecule has 7 nitrogen and oxygen atoms in total. The van der Waals surface area contributed by atoms with E-state index in [0.29, 0.717) is 28.7 Å². The van der Waals surface area contributed by atoms with Crippen LogP contribution in [-0.4, -0.2) is 44.5 Å². The highest BCUT2D eigenvalue weighted by Gasteiger charge is 2.25. The number of amides is 1. The van der Waals surface area contributed by atoms with Crippen molar-refractivity contribution in [1.29, 1.82) is 0 Å². The number of rotatable bonds is 8. The maximum Gasteiger partial charge on any atom is 0.233 e. The lowest BCUT2D eigenvalue weighted by molar-refractivity contribution is -0.129. The number of ether oxygens (including phenoxy) is 1. The highest BCUT2D eigenvalue weighted by atomic mass is 32.2. The Bertz CT molecular complexity index is 829. The van der Waals surface area contributed by atoms with Gasteiger partial charge in [0.15, 0.2) is 5.82 Å². The van der Waals surface area contributed by atoms with E-state index in [9.17, 15) is 4.79 Å². The molecule has 1 fully saturated rings. The molecular weight excluding hydrogens is 398 g/mol. The Morgan fingerprint density at radius 2 is 1.90 bits per heavy atom. The molecular formula is C22H33N5O2S. The number of benzene rings is 1. The minimum Gasteiger partial charge on any atom is -0.486 e. The summed E-state index contributed by atoms with van der Waals surface area (Å²) in [6.45, 7) is 6.82. The first kappa shape index (κ1) is 22.5. The lowest BCUT2D eigenvalue weighted by Crippen LogP contribution is -2.40. The van der Waals surface area contributed by atoms with Gasteiger partial charge in [-0.05, 0) is 55.2 Å². The third-order valence-corrected chi connectivity index (χ3v) is 6.83. The highest BCUT2D eigenvalue weighted by molar-refractivity contribution is 7.99. The van der Waals surface area contributed by atoms with Crippen molar-refractivity contribution in [1.82, 2.24) is 19.8 Å². The van der Waals surface area contributed by atoms with Crippen molar-refractivity contribution in [3.05, 3.63) is 35.7 Å². The van der Waals surface area contributed by atoms with Crippen molar-refractivity contribution in [2.75, 3.05) is 18.6 Å². The molecule has 0 unspecified atom stereocenters. The van der Waals surface area contributed by atoms with Crippen molar-refractivity contribution >= 4 is 17.7 Å². The Balaban J connectivity index is 1.49. The molecule has 1 heterocycles. The number of nitrogens with two attached hydrogens (primary N) is 1. The van der Waals surface area contributed by atoms with Crippen molar-refractivity contribution in [2.24, 2.45) is 5.92 Å². The standard InChI is InChI=1S/C22H33N5O2S/c1-15(2)17-7-11-19(12-8-17)29-13-20-24-25-22(27(20)23)30-14-21(28)26(4)18-9-5-16(3)6-10-18/h7-8,11-12,15-16,18H,5-6,9-10,13-14,23H2,1-4H3. The Labute approximate surface area is 183 Å². The maximum absolute atomic E-state index is 12.6. The molecule has 2 aromatic rings. The summed E-state index contributed by atoms with van der Waals surface area (Å²) in [5.41, 5.74) is 1.26. The van der Waals surface area contributed by atoms with Gasteiger partial charge in [0, 0.05) is 13.1 Å². The number of hydrogen-bond acceptors (Lipinski definition) is 6. The van der Waals surface area contributed by atoms with Crippen LogP contribution in [0.5, 0.6) is 5.75 Å². The fraction of sp³-hybridized carbons (Fsp3) is 0.591. The van der Waals surface area contributed by atoms with E-state index in [2.05, 4.69) is 43.1 Å². The number of hydrogen-bond donors (Lipinski definition) is 1. The molecule has 1 aliphatic rings. The first-order chi connectivity index (χ1) is 14.3. The number of carbonyl (C=O) groups excluding carboxylic acids is 1. The fourth-order valence-corrected chi connectivity index (χ4v) is 4.46. The number of thioether (sulfide) groups is 1. The number of nitrogens with zero attached hydrogens (tertiary/aromatic N) is 4. The Morgan fingerprint density at radius 3 is 2.53 bits per heavy atom. The molecule has 8 heteroatoms. The molecule has 3 rings (SSSR count). The minimum absolute atomic E-state index is 0.102. The van der Waals surface area contributed by atoms with E-state index >= 15 is 0 Å². The first-order valence-corrected chi connectivity index (χ1v) is 11.6. The second kappa shape index (κ2) is 10.2. The highest BCUT2D eigenvalue weighted by Crippen LogP contribution is 2.27. The molecule has 1 aromatic heterocycles. The van der Waals surface area contributed by atoms with E-state index in [0.717, 1.165) is 24.5 Å². The summed E-state index contributed by atoms with van der Waals surface area (Å²) in [6.07, 6.45) is 4.55. The van der Waals surface area contributed by atoms with Crippen LogP contribution in [0.3, 0.4) is 0 Å². The summed E-state index contributed by atoms with van der Waals surface area (Å²) in [6, 6.07) is 8.36. The minimum atomic E-state index is 0.102. The normalized spacial score (nSPS) is 19.1. The second-order valence-electron chi connectivity index (χ2n) is 8.49. The van der Waals surface area contributed by atoms with Gasteiger partial charge in [0.1, 0.15) is 12.4 Å². The molecule has 164 valence electrons. The molecule has 0 atom stereocenters. The monoisotopic (exact) mass is 431 g/mol. The summed E-state index contributed by atoms with van der Waals surface area (Å²) in [5.74, 6) is 9.05. The van der Waals surface area contributed by atoms with Crippen molar-refractivity contribution in [3.8, 4) is 5.75 Å². The fourth-order valence-electron chi connectivity index (χ4n) is 3.66. The van der Waals surface area contributed by atoms with E-state index in [1.54, 1.807) is 0 Å². The van der Waals surface area contributed by atoms with E-state index in [-0.39, 0.29) is 12.5 Å². The van der Waals surface area contributed by atoms with Crippen molar-refractivity contribution < 1.29 is 9.53 Å². The summed E-state index contributed by atoms with van der Waals surface area (Å²) in [7, 11) is 1.90. The van der Waals surface area contributed by atoms with Crippen molar-refractivity contribution in [3.63, 3.8) is 0 Å². The zero-order chi connectivity index (χ0) is 21.7. The molecule has 30 heavy (non-hydrogen) atoms. The van der Waals surface area contributed by atoms with Gasteiger partial charge in [0.25, 0.3) is 0 Å². The summed E-state index contributed by atoms with van der Waals surface area (Å²) in [5, 5.41) is 8.75. The van der Waals surface area contributed by atoms with Gasteiger partial charge in [-0.1, -0.05) is 44.7 Å². The van der Waals surface area contributed by atoms with Gasteiger partial charge >= 0.3 is 0 Å². The van der Waals surface area contributed by atoms with Crippen LogP contribution in [0.15, 0.2) is 29.4 Å². The molecule has 2 N–H and O–H groups in total. The van der Waals surface area contributed by atoms with Crippen LogP contribution in [0, 0.1) is 5.92 Å². The molecule has 0 bridgehead atoms. The molecule has 0 radical (unpaired) electrons. The molecule has 0 saturated heterocycles. The zero-order valence-electron chi connectivity index (χ0n) is 18.4. The van der Waals surface area contributed by atoms with Crippen LogP contribution in [-0.2, 0) is 11.4 Å². The summed E-state index contributed by atoms with van der Waals surface area (Å²) >= 11 is 1.31. The van der Waals surface area contributed by atoms with Crippen molar-refractivity contribution in [2.45, 2.75) is 70.2 Å². The molecule has 1 aliphatic carbocycles. The summed E-state index contributed by atoms with van der Waals surface area (Å²) in [4.78, 5) is 14.5. The molecule has 0 aliphatic heterocycles. The average Bonchev–Trinajstić information content (AvgIpc) is 3.10. The van der Waals surface area contributed by atoms with E-state index in [1.807, 2.05) is 24.1 Å². The lowest BCUT2D eigenvalue weighted by atomic mass is 9.87. The third-order valence-electron chi connectivity index (χ3n) is 5.90. The van der Waals surface area contributed by atoms with Crippen LogP contribution in [0.4, 0.5) is 0 Å². The lowest BCUT2D eigenvalue weighted by Gasteiger charge is -2.33. The smallest absolute Gasteiger partial charge is 0.233 e. The van der Waals surface area contributed by atoms with Gasteiger partial charge < -0.3 is 15.5 Å². The Hall–Kier alpha value is -2.22. The molecule has 1 amide bonds. The Morgan fingerprint density at radius 1 is 1.23 bits per heavy atom. The topological polar surface area (TPSA) is 86.3 Å². The van der Waals surface area contributed by atoms with Gasteiger partial charge in [0.2, 0.25) is 11.1 Å². The number of aromatic nitrogens is 3. The van der Waals surface area contributed by atoms with Gasteiger partial charge in [-0.2, -0.15) is 0 Å². The van der Waals surface area contributed by atoms with Gasteiger partial charge in [-0.25, -0.2) is 4.68 Å². The van der Waals surface area contributed by atoms with E-state index in [4.69, 9.17) is 10.6 Å². The van der Waals surface area contributed by atoms with Gasteiger partial charge in [-0.15, -0.1) is 10.2 Å². The molecule has 1 aromatic carbocycles. The quantitative estimate of drug-likeness (QED) is 0.505. The number of nitrogen functional groups attached to an aromatic ring is 1. The maximum atomic E-state index is 12.6. The predicted molar refractivity (Wildman–Crippen MR) is 120 cm³/mol. The van der Waals surface area contributed by atoms with Crippen LogP contribution >= 0.6 is 11.8 Å². The molecule has 1 saturated carbocycles. The van der Waals surface area contributed by atoms with Gasteiger partial charge in [-0.3, -0.25) is 4.79 Å². The van der Waals surface area contributed by atoms with Crippen LogP contribution in [0.25, 0.3) is 0 Å². The van der Waals surface area contributed by atoms with E-state index < -0.39 is 0 Å². The largest absolute Gasteiger partial charge is 0.486 e. The van der Waals surface area contributed by atoms with Crippen LogP contribution in [0.1, 0.15) is 63.8 Å². The summed E-state index contributed by atoms with van der Waals surface area (Å²) < 4.78 is 7.19. The SMILES string of the molecule is CC1CCC(N(C)C(=O)CSc2nnc(COc3ccc(C(C)C)cc3)n2N)CC1.